The molecule has 0 saturated carbocycles. The van der Waals surface area contributed by atoms with Crippen LogP contribution in [0, 0.1) is 0 Å². The van der Waals surface area contributed by atoms with Gasteiger partial charge in [-0.25, -0.2) is 4.79 Å². The average Bonchev–Trinajstić information content (AvgIpc) is 2.22. The van der Waals surface area contributed by atoms with Crippen LogP contribution in [0.5, 0.6) is 0 Å². The number of carbonyl (C=O) groups excluding carboxylic acids is 2. The highest BCUT2D eigenvalue weighted by molar-refractivity contribution is 7.85. The van der Waals surface area contributed by atoms with Gasteiger partial charge in [-0.05, 0) is 13.3 Å². The number of carbonyl (C=O) groups is 2. The summed E-state index contributed by atoms with van der Waals surface area (Å²) in [5.74, 6) is -1.41. The first-order chi connectivity index (χ1) is 8.22. The van der Waals surface area contributed by atoms with Crippen molar-refractivity contribution in [2.45, 2.75) is 19.8 Å². The number of hydrogen-bond donors (Lipinski definition) is 2. The quantitative estimate of drug-likeness (QED) is 0.278. The third kappa shape index (κ3) is 9.79. The zero-order chi connectivity index (χ0) is 14.2. The predicted molar refractivity (Wildman–Crippen MR) is 64.4 cm³/mol. The van der Waals surface area contributed by atoms with E-state index in [0.29, 0.717) is 6.42 Å². The second-order valence-electron chi connectivity index (χ2n) is 3.66. The molecule has 0 aliphatic carbocycles. The number of hydrogen-bond acceptors (Lipinski definition) is 5. The molecule has 0 aromatic heterocycles. The fourth-order valence-corrected chi connectivity index (χ4v) is 1.29. The number of amides is 1. The van der Waals surface area contributed by atoms with Gasteiger partial charge < -0.3 is 10.1 Å². The fraction of sp³-hybridized carbons (Fsp3) is 0.600. The summed E-state index contributed by atoms with van der Waals surface area (Å²) in [6, 6.07) is 0. The first kappa shape index (κ1) is 16.6. The van der Waals surface area contributed by atoms with Crippen molar-refractivity contribution >= 4 is 22.0 Å². The van der Waals surface area contributed by atoms with Gasteiger partial charge in [0.25, 0.3) is 10.1 Å². The number of rotatable bonds is 8. The van der Waals surface area contributed by atoms with Crippen molar-refractivity contribution in [2.24, 2.45) is 0 Å². The summed E-state index contributed by atoms with van der Waals surface area (Å²) in [7, 11) is -4.06. The van der Waals surface area contributed by atoms with Crippen LogP contribution >= 0.6 is 0 Å². The van der Waals surface area contributed by atoms with Crippen LogP contribution < -0.4 is 5.32 Å². The maximum absolute atomic E-state index is 11.2. The molecule has 18 heavy (non-hydrogen) atoms. The average molecular weight is 279 g/mol. The van der Waals surface area contributed by atoms with Gasteiger partial charge in [-0.15, -0.1) is 0 Å². The van der Waals surface area contributed by atoms with Crippen molar-refractivity contribution in [2.75, 3.05) is 18.9 Å². The van der Waals surface area contributed by atoms with E-state index < -0.39 is 21.8 Å². The van der Waals surface area contributed by atoms with Gasteiger partial charge >= 0.3 is 5.97 Å². The highest BCUT2D eigenvalue weighted by atomic mass is 32.2. The fourth-order valence-electron chi connectivity index (χ4n) is 0.929. The summed E-state index contributed by atoms with van der Waals surface area (Å²) >= 11 is 0. The van der Waals surface area contributed by atoms with Gasteiger partial charge in [0.1, 0.15) is 0 Å². The zero-order valence-corrected chi connectivity index (χ0v) is 11.0. The van der Waals surface area contributed by atoms with Crippen LogP contribution in [0.2, 0.25) is 0 Å². The molecule has 0 rings (SSSR count). The first-order valence-electron chi connectivity index (χ1n) is 5.27. The lowest BCUT2D eigenvalue weighted by Gasteiger charge is -2.05. The Morgan fingerprint density at radius 2 is 2.00 bits per heavy atom. The van der Waals surface area contributed by atoms with E-state index in [-0.39, 0.29) is 31.1 Å². The molecule has 2 N–H and O–H groups in total. The van der Waals surface area contributed by atoms with Crippen LogP contribution in [0.4, 0.5) is 0 Å². The van der Waals surface area contributed by atoms with E-state index in [4.69, 9.17) is 9.29 Å². The molecule has 7 nitrogen and oxygen atoms in total. The number of ether oxygens (including phenoxy) is 1. The molecule has 8 heteroatoms. The van der Waals surface area contributed by atoms with Crippen LogP contribution in [0.1, 0.15) is 19.8 Å². The van der Waals surface area contributed by atoms with Gasteiger partial charge in [-0.1, -0.05) is 6.58 Å². The molecule has 0 saturated heterocycles. The maximum Gasteiger partial charge on any atom is 0.333 e. The van der Waals surface area contributed by atoms with E-state index >= 15 is 0 Å². The van der Waals surface area contributed by atoms with Crippen LogP contribution in [-0.4, -0.2) is 43.8 Å². The number of nitrogens with one attached hydrogen (secondary N) is 1. The molecule has 0 aromatic carbocycles. The summed E-state index contributed by atoms with van der Waals surface area (Å²) in [5.41, 5.74) is 0.285. The minimum Gasteiger partial charge on any atom is -0.462 e. The van der Waals surface area contributed by atoms with E-state index in [2.05, 4.69) is 11.9 Å². The Balaban J connectivity index is 3.60. The first-order valence-corrected chi connectivity index (χ1v) is 6.88. The van der Waals surface area contributed by atoms with Gasteiger partial charge in [0, 0.05) is 18.5 Å². The lowest BCUT2D eigenvalue weighted by atomic mass is 10.3. The summed E-state index contributed by atoms with van der Waals surface area (Å²) in [5, 5.41) is 2.31. The van der Waals surface area contributed by atoms with E-state index in [1.165, 1.54) is 6.92 Å². The number of esters is 1. The summed E-state index contributed by atoms with van der Waals surface area (Å²) in [6.07, 6.45) is 0.436. The smallest absolute Gasteiger partial charge is 0.333 e. The molecule has 0 aromatic rings. The Hall–Kier alpha value is -1.41. The third-order valence-corrected chi connectivity index (χ3v) is 2.53. The highest BCUT2D eigenvalue weighted by Crippen LogP contribution is 1.96. The molecule has 0 atom stereocenters. The second-order valence-corrected chi connectivity index (χ2v) is 5.23. The molecule has 104 valence electrons. The van der Waals surface area contributed by atoms with Crippen molar-refractivity contribution < 1.29 is 27.3 Å². The van der Waals surface area contributed by atoms with Crippen LogP contribution in [0.25, 0.3) is 0 Å². The van der Waals surface area contributed by atoms with Gasteiger partial charge in [-0.2, -0.15) is 8.42 Å². The topological polar surface area (TPSA) is 110 Å². The van der Waals surface area contributed by atoms with Gasteiger partial charge in [0.05, 0.1) is 12.4 Å². The molecule has 0 unspecified atom stereocenters. The molecule has 0 bridgehead atoms. The van der Waals surface area contributed by atoms with Crippen molar-refractivity contribution in [1.29, 1.82) is 0 Å². The Morgan fingerprint density at radius 3 is 2.50 bits per heavy atom. The van der Waals surface area contributed by atoms with Crippen LogP contribution in [0.3, 0.4) is 0 Å². The van der Waals surface area contributed by atoms with E-state index in [0.717, 1.165) is 0 Å². The molecular weight excluding hydrogens is 262 g/mol. The molecule has 0 spiro atoms. The molecule has 0 radical (unpaired) electrons. The zero-order valence-electron chi connectivity index (χ0n) is 10.1. The Bertz CT molecular complexity index is 414. The van der Waals surface area contributed by atoms with E-state index in [9.17, 15) is 18.0 Å². The summed E-state index contributed by atoms with van der Waals surface area (Å²) < 4.78 is 33.9. The Kier molecular flexibility index (Phi) is 7.21. The van der Waals surface area contributed by atoms with Crippen LogP contribution in [-0.2, 0) is 24.4 Å². The summed E-state index contributed by atoms with van der Waals surface area (Å²) in [6.45, 7) is 4.86. The van der Waals surface area contributed by atoms with E-state index in [1.54, 1.807) is 0 Å². The predicted octanol–water partition coefficient (Wildman–Crippen LogP) is -0.110. The van der Waals surface area contributed by atoms with Gasteiger partial charge in [0.15, 0.2) is 0 Å². The lowest BCUT2D eigenvalue weighted by Crippen LogP contribution is -2.28. The molecule has 0 heterocycles. The molecular formula is C10H17NO6S. The lowest BCUT2D eigenvalue weighted by molar-refractivity contribution is -0.139. The standard InChI is InChI=1S/C10H17NO6S/c1-8(2)10(13)17-6-3-4-9(12)11-5-7-18(14,15)16/h1,3-7H2,2H3,(H,11,12)(H,14,15,16). The Morgan fingerprint density at radius 1 is 1.39 bits per heavy atom. The third-order valence-electron chi connectivity index (χ3n) is 1.81. The minimum atomic E-state index is -4.06. The minimum absolute atomic E-state index is 0.0947. The van der Waals surface area contributed by atoms with Crippen molar-refractivity contribution in [3.63, 3.8) is 0 Å². The van der Waals surface area contributed by atoms with Gasteiger partial charge in [-0.3, -0.25) is 9.35 Å². The normalized spacial score (nSPS) is 10.8. The molecule has 0 aliphatic rings. The molecule has 0 aliphatic heterocycles. The van der Waals surface area contributed by atoms with Gasteiger partial charge in [0.2, 0.25) is 5.91 Å². The highest BCUT2D eigenvalue weighted by Gasteiger charge is 2.07. The van der Waals surface area contributed by atoms with Crippen molar-refractivity contribution in [3.05, 3.63) is 12.2 Å². The van der Waals surface area contributed by atoms with Crippen LogP contribution in [0.15, 0.2) is 12.2 Å². The SMILES string of the molecule is C=C(C)C(=O)OCCCC(=O)NCCS(=O)(=O)O. The van der Waals surface area contributed by atoms with Crippen molar-refractivity contribution in [3.8, 4) is 0 Å². The van der Waals surface area contributed by atoms with Crippen molar-refractivity contribution in [1.82, 2.24) is 5.32 Å². The Labute approximate surface area is 106 Å². The molecule has 0 fully saturated rings. The monoisotopic (exact) mass is 279 g/mol. The second kappa shape index (κ2) is 7.83. The maximum atomic E-state index is 11.2. The largest absolute Gasteiger partial charge is 0.462 e. The molecule has 1 amide bonds. The van der Waals surface area contributed by atoms with E-state index in [1.807, 2.05) is 0 Å². The summed E-state index contributed by atoms with van der Waals surface area (Å²) in [4.78, 5) is 22.1.